The Morgan fingerprint density at radius 1 is 1.03 bits per heavy atom. The van der Waals surface area contributed by atoms with Gasteiger partial charge in [0.1, 0.15) is 6.10 Å². The maximum Gasteiger partial charge on any atom is 0.331 e. The molecular weight excluding hydrogens is 400 g/mol. The highest BCUT2D eigenvalue weighted by Crippen LogP contribution is 2.14. The third-order valence-corrected chi connectivity index (χ3v) is 5.12. The van der Waals surface area contributed by atoms with Crippen LogP contribution in [-0.4, -0.2) is 34.5 Å². The fourth-order valence-electron chi connectivity index (χ4n) is 3.03. The van der Waals surface area contributed by atoms with Crippen molar-refractivity contribution >= 4 is 5.97 Å². The smallest absolute Gasteiger partial charge is 0.331 e. The zero-order valence-corrected chi connectivity index (χ0v) is 19.9. The third-order valence-electron chi connectivity index (χ3n) is 5.12. The van der Waals surface area contributed by atoms with Gasteiger partial charge in [0.15, 0.2) is 0 Å². The van der Waals surface area contributed by atoms with Crippen LogP contribution in [0.3, 0.4) is 0 Å². The Morgan fingerprint density at radius 3 is 2.56 bits per heavy atom. The zero-order valence-electron chi connectivity index (χ0n) is 19.9. The quantitative estimate of drug-likeness (QED) is 0.423. The molecule has 0 saturated carbocycles. The molecule has 5 atom stereocenters. The molecule has 1 rings (SSSR count). The lowest BCUT2D eigenvalue weighted by atomic mass is 9.97. The molecule has 0 aromatic rings. The van der Waals surface area contributed by atoms with Gasteiger partial charge in [0.25, 0.3) is 0 Å². The molecule has 176 valence electrons. The Morgan fingerprint density at radius 2 is 1.81 bits per heavy atom. The maximum absolute atomic E-state index is 12.2. The van der Waals surface area contributed by atoms with E-state index in [9.17, 15) is 15.0 Å². The second-order valence-electron chi connectivity index (χ2n) is 8.36. The number of rotatable bonds is 2. The minimum absolute atomic E-state index is 0.0318. The summed E-state index contributed by atoms with van der Waals surface area (Å²) in [5.41, 5.74) is 0.962. The van der Waals surface area contributed by atoms with Gasteiger partial charge < -0.3 is 14.9 Å². The van der Waals surface area contributed by atoms with Crippen molar-refractivity contribution in [3.63, 3.8) is 0 Å². The van der Waals surface area contributed by atoms with E-state index < -0.39 is 12.2 Å². The van der Waals surface area contributed by atoms with E-state index in [4.69, 9.17) is 4.74 Å². The second kappa shape index (κ2) is 16.2. The maximum atomic E-state index is 12.2. The first-order chi connectivity index (χ1) is 15.3. The van der Waals surface area contributed by atoms with Crippen molar-refractivity contribution in [2.75, 3.05) is 0 Å². The molecule has 0 aromatic heterocycles. The summed E-state index contributed by atoms with van der Waals surface area (Å²) < 4.78 is 5.55. The number of cyclic esters (lactones) is 1. The van der Waals surface area contributed by atoms with E-state index >= 15 is 0 Å². The van der Waals surface area contributed by atoms with Crippen LogP contribution in [0.1, 0.15) is 53.4 Å². The van der Waals surface area contributed by atoms with Crippen molar-refractivity contribution in [3.8, 4) is 0 Å². The normalized spacial score (nSPS) is 36.0. The number of allylic oxidation sites excluding steroid dienone is 9. The largest absolute Gasteiger partial charge is 0.455 e. The van der Waals surface area contributed by atoms with Crippen LogP contribution in [0.25, 0.3) is 0 Å². The van der Waals surface area contributed by atoms with Gasteiger partial charge in [-0.1, -0.05) is 93.2 Å². The predicted octanol–water partition coefficient (Wildman–Crippen LogP) is 5.77. The molecule has 4 nitrogen and oxygen atoms in total. The number of aliphatic hydroxyl groups excluding tert-OH is 2. The van der Waals surface area contributed by atoms with Crippen LogP contribution in [0.15, 0.2) is 84.6 Å². The first-order valence-corrected chi connectivity index (χ1v) is 11.6. The SMILES string of the molecule is CC/C=C/[C@H]1C/C=C/C=C/[C@H](O)C[C@@H](O)[C@@H](C)/C=C/C[C@@H](C)/C=C/C=C(C)\C=C\C(=O)O1. The molecule has 0 saturated heterocycles. The average Bonchev–Trinajstić information content (AvgIpc) is 2.74. The van der Waals surface area contributed by atoms with Gasteiger partial charge in [0, 0.05) is 24.8 Å². The Kier molecular flexibility index (Phi) is 14.0. The lowest BCUT2D eigenvalue weighted by molar-refractivity contribution is -0.140. The zero-order chi connectivity index (χ0) is 23.8. The van der Waals surface area contributed by atoms with Crippen LogP contribution in [0, 0.1) is 11.8 Å². The fourth-order valence-corrected chi connectivity index (χ4v) is 3.03. The summed E-state index contributed by atoms with van der Waals surface area (Å²) in [6, 6.07) is 0. The molecule has 2 N–H and O–H groups in total. The molecule has 0 fully saturated rings. The van der Waals surface area contributed by atoms with Gasteiger partial charge in [0.2, 0.25) is 0 Å². The molecule has 0 radical (unpaired) electrons. The minimum Gasteiger partial charge on any atom is -0.455 e. The van der Waals surface area contributed by atoms with Crippen molar-refractivity contribution < 1.29 is 19.7 Å². The highest BCUT2D eigenvalue weighted by atomic mass is 16.5. The molecule has 32 heavy (non-hydrogen) atoms. The van der Waals surface area contributed by atoms with Crippen LogP contribution in [-0.2, 0) is 9.53 Å². The summed E-state index contributed by atoms with van der Waals surface area (Å²) in [4.78, 5) is 12.2. The van der Waals surface area contributed by atoms with Gasteiger partial charge in [-0.3, -0.25) is 0 Å². The Balaban J connectivity index is 2.99. The van der Waals surface area contributed by atoms with Crippen molar-refractivity contribution in [2.24, 2.45) is 11.8 Å². The number of hydrogen-bond donors (Lipinski definition) is 2. The molecule has 0 aliphatic carbocycles. The summed E-state index contributed by atoms with van der Waals surface area (Å²) >= 11 is 0. The monoisotopic (exact) mass is 440 g/mol. The lowest BCUT2D eigenvalue weighted by Gasteiger charge is -2.17. The molecule has 0 aromatic carbocycles. The molecule has 0 amide bonds. The molecule has 0 spiro atoms. The van der Waals surface area contributed by atoms with Gasteiger partial charge in [-0.05, 0) is 31.8 Å². The van der Waals surface area contributed by atoms with Crippen molar-refractivity contribution in [1.29, 1.82) is 0 Å². The van der Waals surface area contributed by atoms with Crippen LogP contribution < -0.4 is 0 Å². The Bertz CT molecular complexity index is 751. The van der Waals surface area contributed by atoms with E-state index in [1.165, 1.54) is 6.08 Å². The average molecular weight is 441 g/mol. The number of hydrogen-bond acceptors (Lipinski definition) is 4. The van der Waals surface area contributed by atoms with Crippen molar-refractivity contribution in [3.05, 3.63) is 84.6 Å². The topological polar surface area (TPSA) is 66.8 Å². The fraction of sp³-hybridized carbons (Fsp3) is 0.464. The van der Waals surface area contributed by atoms with Crippen LogP contribution in [0.5, 0.6) is 0 Å². The van der Waals surface area contributed by atoms with E-state index in [2.05, 4.69) is 19.1 Å². The van der Waals surface area contributed by atoms with Gasteiger partial charge in [-0.25, -0.2) is 4.79 Å². The van der Waals surface area contributed by atoms with Crippen LogP contribution in [0.2, 0.25) is 0 Å². The molecule has 0 bridgehead atoms. The Hall–Kier alpha value is -2.43. The lowest BCUT2D eigenvalue weighted by Crippen LogP contribution is -2.21. The van der Waals surface area contributed by atoms with Crippen LogP contribution in [0.4, 0.5) is 0 Å². The first kappa shape index (κ1) is 27.6. The van der Waals surface area contributed by atoms with E-state index in [1.54, 1.807) is 18.2 Å². The number of aliphatic hydroxyl groups is 2. The Labute approximate surface area is 194 Å². The molecular formula is C28H40O4. The third kappa shape index (κ3) is 13.1. The number of ether oxygens (including phenoxy) is 1. The first-order valence-electron chi connectivity index (χ1n) is 11.6. The van der Waals surface area contributed by atoms with Crippen molar-refractivity contribution in [2.45, 2.75) is 71.7 Å². The molecule has 1 aliphatic heterocycles. The summed E-state index contributed by atoms with van der Waals surface area (Å²) in [7, 11) is 0. The van der Waals surface area contributed by atoms with Crippen LogP contribution >= 0.6 is 0 Å². The molecule has 0 unspecified atom stereocenters. The van der Waals surface area contributed by atoms with E-state index in [-0.39, 0.29) is 24.4 Å². The highest BCUT2D eigenvalue weighted by molar-refractivity contribution is 5.82. The summed E-state index contributed by atoms with van der Waals surface area (Å²) in [6.07, 6.45) is 25.2. The van der Waals surface area contributed by atoms with Gasteiger partial charge >= 0.3 is 5.97 Å². The molecule has 4 heteroatoms. The summed E-state index contributed by atoms with van der Waals surface area (Å²) in [5, 5.41) is 20.5. The number of carbonyl (C=O) groups excluding carboxylic acids is 1. The number of esters is 1. The standard InChI is InChI=1S/C28H40O4/c1-5-6-17-26-18-9-7-8-16-25(29)21-27(30)24(4)15-11-14-22(2)12-10-13-23(3)19-20-28(31)32-26/h6-13,15-17,19-20,22,24-27,29-30H,5,14,18,21H2,1-4H3/b9-7+,12-10+,15-11+,16-8+,17-6+,20-19+,23-13-/t22-,24-,25-,26-,27+/m0/s1. The number of carbonyl (C=O) groups is 1. The van der Waals surface area contributed by atoms with Gasteiger partial charge in [-0.2, -0.15) is 0 Å². The molecule has 1 heterocycles. The molecule has 1 aliphatic rings. The van der Waals surface area contributed by atoms with E-state index in [1.807, 2.05) is 63.3 Å². The van der Waals surface area contributed by atoms with Crippen molar-refractivity contribution in [1.82, 2.24) is 0 Å². The summed E-state index contributed by atoms with van der Waals surface area (Å²) in [5.74, 6) is -0.0656. The van der Waals surface area contributed by atoms with E-state index in [0.717, 1.165) is 18.4 Å². The highest BCUT2D eigenvalue weighted by Gasteiger charge is 2.14. The second-order valence-corrected chi connectivity index (χ2v) is 8.36. The summed E-state index contributed by atoms with van der Waals surface area (Å²) in [6.45, 7) is 8.06. The van der Waals surface area contributed by atoms with Gasteiger partial charge in [0.05, 0.1) is 12.2 Å². The minimum atomic E-state index is -0.723. The van der Waals surface area contributed by atoms with E-state index in [0.29, 0.717) is 12.3 Å². The predicted molar refractivity (Wildman–Crippen MR) is 133 cm³/mol. The van der Waals surface area contributed by atoms with Gasteiger partial charge in [-0.15, -0.1) is 0 Å².